The Morgan fingerprint density at radius 1 is 0.194 bits per heavy atom. The maximum atomic E-state index is 17.1. The zero-order valence-corrected chi connectivity index (χ0v) is 68.1. The lowest BCUT2D eigenvalue weighted by molar-refractivity contribution is 0.294. The standard InChI is InChI=1S/C93H165O4P/c1-10-16-22-28-34-40-46-52-58-64-70-85-82(7)76-79-91(88(85)73-67-61-55-49-43-37-31-25-19-13-4)95-98(94,96-92-80-77-83(8)86(71-65-59-53-47-41-35-29-23-17-11-2)89(92)74-68-62-56-50-44-38-32-26-20-14-5)97-93-81-78-84(9)87(72-66-60-54-48-42-36-30-24-18-12-3)90(93)75-69-63-57-51-45-39-33-27-21-15-6/h76-81H,10-75H2,1-9H3. The zero-order chi connectivity index (χ0) is 70.5. The van der Waals surface area contributed by atoms with Gasteiger partial charge in [0.05, 0.1) is 0 Å². The molecule has 0 radical (unpaired) electrons. The molecule has 0 saturated carbocycles. The highest BCUT2D eigenvalue weighted by Gasteiger charge is 2.37. The van der Waals surface area contributed by atoms with Crippen LogP contribution in [0.2, 0.25) is 0 Å². The molecule has 0 fully saturated rings. The molecule has 566 valence electrons. The summed E-state index contributed by atoms with van der Waals surface area (Å²) in [6.07, 6.45) is 84.4. The molecule has 0 spiro atoms. The monoisotopic (exact) mass is 1380 g/mol. The molecule has 3 aromatic carbocycles. The van der Waals surface area contributed by atoms with Crippen LogP contribution in [-0.2, 0) is 43.1 Å². The van der Waals surface area contributed by atoms with Crippen LogP contribution in [0, 0.1) is 20.8 Å². The number of unbranched alkanes of at least 4 members (excludes halogenated alkanes) is 54. The van der Waals surface area contributed by atoms with Crippen LogP contribution in [-0.4, -0.2) is 0 Å². The molecule has 3 aromatic rings. The predicted octanol–water partition coefficient (Wildman–Crippen LogP) is 33.0. The maximum Gasteiger partial charge on any atom is 0.647 e. The van der Waals surface area contributed by atoms with Crippen molar-refractivity contribution in [3.63, 3.8) is 0 Å². The first-order valence-corrected chi connectivity index (χ1v) is 45.6. The number of aryl methyl sites for hydroxylation is 3. The lowest BCUT2D eigenvalue weighted by Crippen LogP contribution is -2.13. The Labute approximate surface area is 612 Å². The highest BCUT2D eigenvalue weighted by Crippen LogP contribution is 2.54. The number of benzene rings is 3. The van der Waals surface area contributed by atoms with E-state index in [1.807, 2.05) is 0 Å². The lowest BCUT2D eigenvalue weighted by Gasteiger charge is -2.26. The van der Waals surface area contributed by atoms with Gasteiger partial charge in [0.15, 0.2) is 0 Å². The molecule has 4 nitrogen and oxygen atoms in total. The van der Waals surface area contributed by atoms with E-state index < -0.39 is 7.82 Å². The van der Waals surface area contributed by atoms with Gasteiger partial charge in [0.25, 0.3) is 0 Å². The van der Waals surface area contributed by atoms with Gasteiger partial charge in [-0.05, 0) is 166 Å². The smallest absolute Gasteiger partial charge is 0.386 e. The molecule has 5 heteroatoms. The normalized spacial score (nSPS) is 11.8. The molecule has 3 rings (SSSR count). The van der Waals surface area contributed by atoms with Gasteiger partial charge in [0.2, 0.25) is 0 Å². The van der Waals surface area contributed by atoms with Crippen LogP contribution in [0.15, 0.2) is 36.4 Å². The Kier molecular flexibility index (Phi) is 57.4. The molecule has 0 aromatic heterocycles. The van der Waals surface area contributed by atoms with Crippen LogP contribution in [0.4, 0.5) is 0 Å². The fourth-order valence-corrected chi connectivity index (χ4v) is 17.0. The van der Waals surface area contributed by atoms with Crippen LogP contribution < -0.4 is 13.6 Å². The third kappa shape index (κ3) is 43.4. The molecule has 0 bridgehead atoms. The summed E-state index contributed by atoms with van der Waals surface area (Å²) >= 11 is 0. The van der Waals surface area contributed by atoms with Crippen molar-refractivity contribution >= 4 is 7.82 Å². The maximum absolute atomic E-state index is 17.1. The van der Waals surface area contributed by atoms with Gasteiger partial charge in [0.1, 0.15) is 17.2 Å². The Bertz CT molecular complexity index is 2090. The van der Waals surface area contributed by atoms with E-state index in [2.05, 4.69) is 98.7 Å². The van der Waals surface area contributed by atoms with E-state index in [0.29, 0.717) is 17.2 Å². The number of phosphoric ester groups is 1. The van der Waals surface area contributed by atoms with Crippen molar-refractivity contribution < 1.29 is 18.1 Å². The summed E-state index contributed by atoms with van der Waals surface area (Å²) in [4.78, 5) is 0. The fraction of sp³-hybridized carbons (Fsp3) is 0.806. The Balaban J connectivity index is 2.19. The number of hydrogen-bond acceptors (Lipinski definition) is 4. The fourth-order valence-electron chi connectivity index (χ4n) is 15.6. The van der Waals surface area contributed by atoms with Crippen LogP contribution in [0.5, 0.6) is 17.2 Å². The molecule has 0 saturated heterocycles. The lowest BCUT2D eigenvalue weighted by atomic mass is 9.92. The number of phosphoric acid groups is 1. The van der Waals surface area contributed by atoms with Gasteiger partial charge in [-0.3, -0.25) is 0 Å². The van der Waals surface area contributed by atoms with Gasteiger partial charge in [-0.15, -0.1) is 0 Å². The average Bonchev–Trinajstić information content (AvgIpc) is 0.782. The predicted molar refractivity (Wildman–Crippen MR) is 436 cm³/mol. The van der Waals surface area contributed by atoms with Crippen LogP contribution >= 0.6 is 7.82 Å². The Hall–Kier alpha value is -2.71. The minimum absolute atomic E-state index is 0.708. The second-order valence-electron chi connectivity index (χ2n) is 31.3. The van der Waals surface area contributed by atoms with E-state index in [9.17, 15) is 0 Å². The molecule has 0 N–H and O–H groups in total. The van der Waals surface area contributed by atoms with Gasteiger partial charge in [0, 0.05) is 0 Å². The highest BCUT2D eigenvalue weighted by molar-refractivity contribution is 7.49. The average molecular weight is 1380 g/mol. The first-order valence-electron chi connectivity index (χ1n) is 44.2. The molecule has 98 heavy (non-hydrogen) atoms. The Morgan fingerprint density at radius 2 is 0.327 bits per heavy atom. The third-order valence-electron chi connectivity index (χ3n) is 22.2. The topological polar surface area (TPSA) is 44.8 Å². The molecule has 0 heterocycles. The van der Waals surface area contributed by atoms with E-state index in [4.69, 9.17) is 13.6 Å². The number of rotatable bonds is 72. The molecule has 0 aliphatic heterocycles. The zero-order valence-electron chi connectivity index (χ0n) is 67.2. The van der Waals surface area contributed by atoms with Crippen LogP contribution in [0.3, 0.4) is 0 Å². The summed E-state index contributed by atoms with van der Waals surface area (Å²) in [6.45, 7) is 20.8. The molecular weight excluding hydrogens is 1210 g/mol. The third-order valence-corrected chi connectivity index (χ3v) is 23.4. The van der Waals surface area contributed by atoms with E-state index in [-0.39, 0.29) is 0 Å². The second-order valence-corrected chi connectivity index (χ2v) is 32.8. The molecule has 0 aliphatic carbocycles. The first kappa shape index (κ1) is 89.5. The largest absolute Gasteiger partial charge is 0.647 e. The van der Waals surface area contributed by atoms with E-state index in [1.165, 1.54) is 397 Å². The SMILES string of the molecule is CCCCCCCCCCCCc1c(C)ccc(OP(=O)(Oc2ccc(C)c(CCCCCCCCCCCC)c2CCCCCCCCCCCC)Oc2ccc(C)c(CCCCCCCCCCCC)c2CCCCCCCCCCCC)c1CCCCCCCCCCCC. The summed E-state index contributed by atoms with van der Waals surface area (Å²) in [7, 11) is -4.43. The number of hydrogen-bond donors (Lipinski definition) is 0. The minimum atomic E-state index is -4.43. The first-order chi connectivity index (χ1) is 48.2. The van der Waals surface area contributed by atoms with Crippen molar-refractivity contribution in [1.29, 1.82) is 0 Å². The van der Waals surface area contributed by atoms with E-state index in [0.717, 1.165) is 77.0 Å². The van der Waals surface area contributed by atoms with E-state index in [1.54, 1.807) is 0 Å². The minimum Gasteiger partial charge on any atom is -0.386 e. The van der Waals surface area contributed by atoms with Crippen molar-refractivity contribution in [3.05, 3.63) is 86.5 Å². The van der Waals surface area contributed by atoms with Crippen molar-refractivity contribution in [1.82, 2.24) is 0 Å². The van der Waals surface area contributed by atoms with Crippen molar-refractivity contribution in [3.8, 4) is 17.2 Å². The van der Waals surface area contributed by atoms with Gasteiger partial charge >= 0.3 is 7.82 Å². The second kappa shape index (κ2) is 62.8. The summed E-state index contributed by atoms with van der Waals surface area (Å²) in [5.74, 6) is 2.12. The van der Waals surface area contributed by atoms with E-state index >= 15 is 4.57 Å². The summed E-state index contributed by atoms with van der Waals surface area (Å²) in [6, 6.07) is 13.2. The van der Waals surface area contributed by atoms with Gasteiger partial charge in [-0.2, -0.15) is 4.57 Å². The van der Waals surface area contributed by atoms with Crippen molar-refractivity contribution in [2.24, 2.45) is 0 Å². The quantitative estimate of drug-likeness (QED) is 0.0417. The summed E-state index contributed by atoms with van der Waals surface area (Å²) in [5, 5.41) is 0. The summed E-state index contributed by atoms with van der Waals surface area (Å²) in [5.41, 5.74) is 11.9. The Morgan fingerprint density at radius 3 is 0.480 bits per heavy atom. The van der Waals surface area contributed by atoms with Crippen molar-refractivity contribution in [2.45, 2.75) is 486 Å². The van der Waals surface area contributed by atoms with Crippen molar-refractivity contribution in [2.75, 3.05) is 0 Å². The summed E-state index contributed by atoms with van der Waals surface area (Å²) < 4.78 is 39.2. The van der Waals surface area contributed by atoms with Gasteiger partial charge in [-0.1, -0.05) is 406 Å². The molecule has 0 unspecified atom stereocenters. The highest BCUT2D eigenvalue weighted by atomic mass is 31.2. The van der Waals surface area contributed by atoms with Crippen LogP contribution in [0.25, 0.3) is 0 Å². The molecule has 0 amide bonds. The molecule has 0 aliphatic rings. The molecule has 0 atom stereocenters. The van der Waals surface area contributed by atoms with Crippen LogP contribution in [0.1, 0.15) is 477 Å². The molecular formula is C93H165O4P. The van der Waals surface area contributed by atoms with Gasteiger partial charge < -0.3 is 13.6 Å². The van der Waals surface area contributed by atoms with Gasteiger partial charge in [-0.25, -0.2) is 0 Å².